The van der Waals surface area contributed by atoms with Crippen LogP contribution in [0, 0.1) is 0 Å². The van der Waals surface area contributed by atoms with Crippen molar-refractivity contribution in [3.63, 3.8) is 0 Å². The fourth-order valence-corrected chi connectivity index (χ4v) is 2.86. The molecule has 14 heavy (non-hydrogen) atoms. The highest BCUT2D eigenvalue weighted by Crippen LogP contribution is 2.34. The molecule has 1 amide bonds. The second kappa shape index (κ2) is 3.39. The van der Waals surface area contributed by atoms with Crippen LogP contribution in [0.1, 0.15) is 31.6 Å². The van der Waals surface area contributed by atoms with Crippen LogP contribution in [-0.2, 0) is 10.3 Å². The number of nitrogens with zero attached hydrogens (tertiary/aromatic N) is 1. The lowest BCUT2D eigenvalue weighted by atomic mass is 10.0. The van der Waals surface area contributed by atoms with Crippen LogP contribution in [0.3, 0.4) is 0 Å². The van der Waals surface area contributed by atoms with Crippen LogP contribution < -0.4 is 0 Å². The van der Waals surface area contributed by atoms with Gasteiger partial charge in [0.1, 0.15) is 0 Å². The minimum absolute atomic E-state index is 0.123. The largest absolute Gasteiger partial charge is 0.333 e. The second-order valence-electron chi connectivity index (χ2n) is 4.19. The van der Waals surface area contributed by atoms with Crippen molar-refractivity contribution in [3.05, 3.63) is 22.4 Å². The van der Waals surface area contributed by atoms with Crippen LogP contribution in [0.5, 0.6) is 0 Å². The van der Waals surface area contributed by atoms with E-state index in [0.29, 0.717) is 5.91 Å². The first-order valence-corrected chi connectivity index (χ1v) is 5.85. The Bertz CT molecular complexity index is 329. The van der Waals surface area contributed by atoms with E-state index in [9.17, 15) is 4.79 Å². The lowest BCUT2D eigenvalue weighted by Crippen LogP contribution is -2.41. The van der Waals surface area contributed by atoms with E-state index in [1.165, 1.54) is 4.88 Å². The SMILES string of the molecule is CC(C)(c1cccs1)N1CCCC1=O. The molecule has 0 bridgehead atoms. The van der Waals surface area contributed by atoms with E-state index in [4.69, 9.17) is 0 Å². The molecule has 0 N–H and O–H groups in total. The summed E-state index contributed by atoms with van der Waals surface area (Å²) in [5.74, 6) is 0.295. The maximum Gasteiger partial charge on any atom is 0.223 e. The molecule has 1 aliphatic rings. The predicted molar refractivity (Wildman–Crippen MR) is 58.3 cm³/mol. The molecule has 2 nitrogen and oxygen atoms in total. The fraction of sp³-hybridized carbons (Fsp3) is 0.545. The number of thiophene rings is 1. The van der Waals surface area contributed by atoms with Crippen molar-refractivity contribution in [2.45, 2.75) is 32.2 Å². The van der Waals surface area contributed by atoms with E-state index < -0.39 is 0 Å². The molecule has 0 aliphatic carbocycles. The lowest BCUT2D eigenvalue weighted by Gasteiger charge is -2.34. The number of hydrogen-bond acceptors (Lipinski definition) is 2. The average Bonchev–Trinajstić information content (AvgIpc) is 2.72. The van der Waals surface area contributed by atoms with Crippen LogP contribution in [0.4, 0.5) is 0 Å². The van der Waals surface area contributed by atoms with Gasteiger partial charge in [-0.3, -0.25) is 4.79 Å². The Kier molecular flexibility index (Phi) is 2.35. The highest BCUT2D eigenvalue weighted by Gasteiger charge is 2.35. The summed E-state index contributed by atoms with van der Waals surface area (Å²) in [6, 6.07) is 4.15. The van der Waals surface area contributed by atoms with E-state index in [2.05, 4.69) is 25.3 Å². The number of carbonyl (C=O) groups is 1. The van der Waals surface area contributed by atoms with E-state index in [-0.39, 0.29) is 5.54 Å². The topological polar surface area (TPSA) is 20.3 Å². The Morgan fingerprint density at radius 3 is 2.79 bits per heavy atom. The third-order valence-electron chi connectivity index (χ3n) is 2.87. The minimum atomic E-state index is -0.123. The molecule has 0 spiro atoms. The molecule has 2 rings (SSSR count). The molecule has 1 fully saturated rings. The second-order valence-corrected chi connectivity index (χ2v) is 5.13. The third-order valence-corrected chi connectivity index (χ3v) is 4.06. The Labute approximate surface area is 88.5 Å². The van der Waals surface area contributed by atoms with Crippen molar-refractivity contribution in [3.8, 4) is 0 Å². The molecular weight excluding hydrogens is 194 g/mol. The first-order valence-electron chi connectivity index (χ1n) is 4.97. The van der Waals surface area contributed by atoms with Gasteiger partial charge in [0.2, 0.25) is 5.91 Å². The minimum Gasteiger partial charge on any atom is -0.333 e. The molecular formula is C11H15NOS. The molecule has 3 heteroatoms. The number of carbonyl (C=O) groups excluding carboxylic acids is 1. The summed E-state index contributed by atoms with van der Waals surface area (Å²) in [6.07, 6.45) is 1.72. The van der Waals surface area contributed by atoms with Crippen molar-refractivity contribution in [1.29, 1.82) is 0 Å². The zero-order valence-electron chi connectivity index (χ0n) is 8.62. The van der Waals surface area contributed by atoms with Gasteiger partial charge in [0, 0.05) is 17.8 Å². The van der Waals surface area contributed by atoms with Gasteiger partial charge in [0.25, 0.3) is 0 Å². The van der Waals surface area contributed by atoms with E-state index in [0.717, 1.165) is 19.4 Å². The Balaban J connectivity index is 2.27. The molecule has 0 unspecified atom stereocenters. The molecule has 76 valence electrons. The molecule has 0 atom stereocenters. The summed E-state index contributed by atoms with van der Waals surface area (Å²) in [4.78, 5) is 14.9. The van der Waals surface area contributed by atoms with Gasteiger partial charge < -0.3 is 4.90 Å². The Hall–Kier alpha value is -0.830. The standard InChI is InChI=1S/C11H15NOS/c1-11(2,9-5-4-8-14-9)12-7-3-6-10(12)13/h4-5,8H,3,6-7H2,1-2H3. The van der Waals surface area contributed by atoms with Crippen LogP contribution in [0.25, 0.3) is 0 Å². The predicted octanol–water partition coefficient (Wildman–Crippen LogP) is 2.61. The summed E-state index contributed by atoms with van der Waals surface area (Å²) in [7, 11) is 0. The Morgan fingerprint density at radius 2 is 2.29 bits per heavy atom. The van der Waals surface area contributed by atoms with Gasteiger partial charge in [-0.15, -0.1) is 11.3 Å². The molecule has 1 aromatic rings. The van der Waals surface area contributed by atoms with Crippen LogP contribution in [0.15, 0.2) is 17.5 Å². The highest BCUT2D eigenvalue weighted by molar-refractivity contribution is 7.10. The van der Waals surface area contributed by atoms with Crippen LogP contribution in [-0.4, -0.2) is 17.4 Å². The summed E-state index contributed by atoms with van der Waals surface area (Å²) >= 11 is 1.72. The van der Waals surface area contributed by atoms with Crippen LogP contribution >= 0.6 is 11.3 Å². The van der Waals surface area contributed by atoms with E-state index in [1.54, 1.807) is 11.3 Å². The fourth-order valence-electron chi connectivity index (χ4n) is 2.00. The van der Waals surface area contributed by atoms with Gasteiger partial charge in [-0.1, -0.05) is 6.07 Å². The molecule has 0 aromatic carbocycles. The maximum absolute atomic E-state index is 11.6. The third kappa shape index (κ3) is 1.46. The van der Waals surface area contributed by atoms with E-state index >= 15 is 0 Å². The van der Waals surface area contributed by atoms with Gasteiger partial charge in [0.15, 0.2) is 0 Å². The van der Waals surface area contributed by atoms with Crippen molar-refractivity contribution in [2.24, 2.45) is 0 Å². The average molecular weight is 209 g/mol. The van der Waals surface area contributed by atoms with Crippen LogP contribution in [0.2, 0.25) is 0 Å². The molecule has 0 radical (unpaired) electrons. The first-order chi connectivity index (χ1) is 6.62. The number of hydrogen-bond donors (Lipinski definition) is 0. The smallest absolute Gasteiger partial charge is 0.223 e. The number of likely N-dealkylation sites (tertiary alicyclic amines) is 1. The van der Waals surface area contributed by atoms with Crippen molar-refractivity contribution < 1.29 is 4.79 Å². The summed E-state index contributed by atoms with van der Waals surface area (Å²) < 4.78 is 0. The lowest BCUT2D eigenvalue weighted by molar-refractivity contribution is -0.132. The number of rotatable bonds is 2. The van der Waals surface area contributed by atoms with Gasteiger partial charge in [0.05, 0.1) is 5.54 Å². The monoisotopic (exact) mass is 209 g/mol. The zero-order chi connectivity index (χ0) is 10.2. The van der Waals surface area contributed by atoms with Gasteiger partial charge >= 0.3 is 0 Å². The summed E-state index contributed by atoms with van der Waals surface area (Å²) in [6.45, 7) is 5.16. The van der Waals surface area contributed by atoms with Gasteiger partial charge in [-0.25, -0.2) is 0 Å². The van der Waals surface area contributed by atoms with Crippen molar-refractivity contribution in [1.82, 2.24) is 4.90 Å². The van der Waals surface area contributed by atoms with Gasteiger partial charge in [-0.05, 0) is 31.7 Å². The maximum atomic E-state index is 11.6. The normalized spacial score (nSPS) is 17.9. The summed E-state index contributed by atoms with van der Waals surface area (Å²) in [5.41, 5.74) is -0.123. The van der Waals surface area contributed by atoms with E-state index in [1.807, 2.05) is 11.0 Å². The highest BCUT2D eigenvalue weighted by atomic mass is 32.1. The zero-order valence-corrected chi connectivity index (χ0v) is 9.43. The Morgan fingerprint density at radius 1 is 1.50 bits per heavy atom. The first kappa shape index (κ1) is 9.71. The molecule has 1 aliphatic heterocycles. The van der Waals surface area contributed by atoms with Crippen molar-refractivity contribution in [2.75, 3.05) is 6.54 Å². The molecule has 1 saturated heterocycles. The quantitative estimate of drug-likeness (QED) is 0.733. The van der Waals surface area contributed by atoms with Crippen molar-refractivity contribution >= 4 is 17.2 Å². The number of amides is 1. The molecule has 1 aromatic heterocycles. The summed E-state index contributed by atoms with van der Waals surface area (Å²) in [5, 5.41) is 2.07. The molecule has 2 heterocycles. The molecule has 0 saturated carbocycles. The van der Waals surface area contributed by atoms with Gasteiger partial charge in [-0.2, -0.15) is 0 Å².